The normalized spacial score (nSPS) is 17.0. The number of rotatable bonds is 3. The first-order valence-corrected chi connectivity index (χ1v) is 7.08. The van der Waals surface area contributed by atoms with E-state index < -0.39 is 0 Å². The van der Waals surface area contributed by atoms with Gasteiger partial charge in [-0.2, -0.15) is 0 Å². The molecule has 1 aliphatic heterocycles. The third-order valence-corrected chi connectivity index (χ3v) is 3.80. The number of carbonyl (C=O) groups excluding carboxylic acids is 1. The summed E-state index contributed by atoms with van der Waals surface area (Å²) in [5.74, 6) is 0.244. The first-order chi connectivity index (χ1) is 10.2. The Morgan fingerprint density at radius 2 is 1.86 bits per heavy atom. The highest BCUT2D eigenvalue weighted by Gasteiger charge is 2.23. The molecule has 0 aromatic heterocycles. The fourth-order valence-electron chi connectivity index (χ4n) is 2.57. The standard InChI is InChI=1S/C17H18N2O2/c20-15-7-5-12(6-8-15)10-19-17(21)16-9-13-3-1-2-4-14(13)11-18-16/h1-8,16,18,20H,9-11H2,(H,19,21)/t16-/m0/s1. The Kier molecular flexibility index (Phi) is 3.88. The molecule has 0 spiro atoms. The van der Waals surface area contributed by atoms with Crippen LogP contribution in [0.1, 0.15) is 16.7 Å². The average Bonchev–Trinajstić information content (AvgIpc) is 2.53. The minimum absolute atomic E-state index is 0.0116. The number of amides is 1. The van der Waals surface area contributed by atoms with Crippen LogP contribution in [0.4, 0.5) is 0 Å². The van der Waals surface area contributed by atoms with Crippen molar-refractivity contribution < 1.29 is 9.90 Å². The predicted molar refractivity (Wildman–Crippen MR) is 80.7 cm³/mol. The van der Waals surface area contributed by atoms with Crippen molar-refractivity contribution in [2.75, 3.05) is 0 Å². The molecular weight excluding hydrogens is 264 g/mol. The average molecular weight is 282 g/mol. The summed E-state index contributed by atoms with van der Waals surface area (Å²) in [5.41, 5.74) is 3.47. The zero-order valence-electron chi connectivity index (χ0n) is 11.7. The van der Waals surface area contributed by atoms with Crippen molar-refractivity contribution in [2.45, 2.75) is 25.6 Å². The van der Waals surface area contributed by atoms with E-state index in [9.17, 15) is 9.90 Å². The number of carbonyl (C=O) groups is 1. The van der Waals surface area contributed by atoms with Crippen LogP contribution in [0.25, 0.3) is 0 Å². The highest BCUT2D eigenvalue weighted by Crippen LogP contribution is 2.16. The maximum absolute atomic E-state index is 12.2. The van der Waals surface area contributed by atoms with Crippen LogP contribution >= 0.6 is 0 Å². The van der Waals surface area contributed by atoms with E-state index in [1.807, 2.05) is 12.1 Å². The molecule has 1 aliphatic rings. The van der Waals surface area contributed by atoms with Gasteiger partial charge in [0.25, 0.3) is 0 Å². The largest absolute Gasteiger partial charge is 0.508 e. The van der Waals surface area contributed by atoms with Crippen molar-refractivity contribution in [2.24, 2.45) is 0 Å². The van der Waals surface area contributed by atoms with Crippen LogP contribution in [0, 0.1) is 0 Å². The van der Waals surface area contributed by atoms with E-state index in [2.05, 4.69) is 22.8 Å². The van der Waals surface area contributed by atoms with Crippen LogP contribution in [0.2, 0.25) is 0 Å². The van der Waals surface area contributed by atoms with Crippen molar-refractivity contribution in [3.8, 4) is 5.75 Å². The number of benzene rings is 2. The van der Waals surface area contributed by atoms with Crippen LogP contribution in [0.5, 0.6) is 5.75 Å². The van der Waals surface area contributed by atoms with Crippen LogP contribution < -0.4 is 10.6 Å². The molecule has 3 N–H and O–H groups in total. The SMILES string of the molecule is O=C(NCc1ccc(O)cc1)[C@@H]1Cc2ccccc2CN1. The molecule has 4 nitrogen and oxygen atoms in total. The maximum atomic E-state index is 12.2. The topological polar surface area (TPSA) is 61.4 Å². The van der Waals surface area contributed by atoms with Crippen LogP contribution in [-0.4, -0.2) is 17.1 Å². The Morgan fingerprint density at radius 1 is 1.14 bits per heavy atom. The maximum Gasteiger partial charge on any atom is 0.237 e. The number of phenols is 1. The van der Waals surface area contributed by atoms with Gasteiger partial charge in [0.1, 0.15) is 5.75 Å². The Hall–Kier alpha value is -2.33. The molecule has 0 fully saturated rings. The molecular formula is C17H18N2O2. The van der Waals surface area contributed by atoms with Crippen molar-refractivity contribution in [1.29, 1.82) is 0 Å². The van der Waals surface area contributed by atoms with E-state index in [0.29, 0.717) is 6.54 Å². The number of hydrogen-bond donors (Lipinski definition) is 3. The van der Waals surface area contributed by atoms with Gasteiger partial charge in [0, 0.05) is 13.1 Å². The predicted octanol–water partition coefficient (Wildman–Crippen LogP) is 1.72. The van der Waals surface area contributed by atoms with E-state index in [0.717, 1.165) is 18.5 Å². The van der Waals surface area contributed by atoms with Gasteiger partial charge in [-0.15, -0.1) is 0 Å². The molecule has 1 heterocycles. The van der Waals surface area contributed by atoms with Gasteiger partial charge in [0.05, 0.1) is 6.04 Å². The first-order valence-electron chi connectivity index (χ1n) is 7.08. The van der Waals surface area contributed by atoms with Crippen molar-refractivity contribution >= 4 is 5.91 Å². The molecule has 0 radical (unpaired) electrons. The highest BCUT2D eigenvalue weighted by molar-refractivity contribution is 5.82. The Balaban J connectivity index is 1.58. The van der Waals surface area contributed by atoms with Gasteiger partial charge >= 0.3 is 0 Å². The third-order valence-electron chi connectivity index (χ3n) is 3.80. The lowest BCUT2D eigenvalue weighted by Crippen LogP contribution is -2.47. The molecule has 1 atom stereocenters. The molecule has 2 aromatic rings. The second kappa shape index (κ2) is 5.97. The monoisotopic (exact) mass is 282 g/mol. The molecule has 4 heteroatoms. The number of nitrogens with one attached hydrogen (secondary N) is 2. The third kappa shape index (κ3) is 3.23. The van der Waals surface area contributed by atoms with E-state index in [1.54, 1.807) is 24.3 Å². The summed E-state index contributed by atoms with van der Waals surface area (Å²) in [6.45, 7) is 1.20. The van der Waals surface area contributed by atoms with E-state index >= 15 is 0 Å². The van der Waals surface area contributed by atoms with E-state index in [4.69, 9.17) is 0 Å². The van der Waals surface area contributed by atoms with Crippen LogP contribution in [-0.2, 0) is 24.3 Å². The van der Waals surface area contributed by atoms with E-state index in [-0.39, 0.29) is 17.7 Å². The van der Waals surface area contributed by atoms with Crippen LogP contribution in [0.3, 0.4) is 0 Å². The fraction of sp³-hybridized carbons (Fsp3) is 0.235. The van der Waals surface area contributed by atoms with Gasteiger partial charge in [-0.3, -0.25) is 4.79 Å². The summed E-state index contributed by atoms with van der Waals surface area (Å²) in [6, 6.07) is 14.9. The quantitative estimate of drug-likeness (QED) is 0.803. The number of fused-ring (bicyclic) bond motifs is 1. The molecule has 0 unspecified atom stereocenters. The van der Waals surface area contributed by atoms with Crippen LogP contribution in [0.15, 0.2) is 48.5 Å². The number of phenolic OH excluding ortho intramolecular Hbond substituents is 1. The van der Waals surface area contributed by atoms with Gasteiger partial charge in [0.15, 0.2) is 0 Å². The summed E-state index contributed by atoms with van der Waals surface area (Å²) in [4.78, 5) is 12.2. The smallest absolute Gasteiger partial charge is 0.237 e. The molecule has 0 bridgehead atoms. The second-order valence-electron chi connectivity index (χ2n) is 5.29. The summed E-state index contributed by atoms with van der Waals surface area (Å²) >= 11 is 0. The van der Waals surface area contributed by atoms with Gasteiger partial charge in [-0.05, 0) is 35.2 Å². The Labute approximate surface area is 123 Å². The Bertz CT molecular complexity index is 637. The van der Waals surface area contributed by atoms with Gasteiger partial charge < -0.3 is 15.7 Å². The summed E-state index contributed by atoms with van der Waals surface area (Å²) < 4.78 is 0. The Morgan fingerprint density at radius 3 is 2.62 bits per heavy atom. The van der Waals surface area contributed by atoms with E-state index in [1.165, 1.54) is 11.1 Å². The minimum atomic E-state index is -0.183. The number of aromatic hydroxyl groups is 1. The fourth-order valence-corrected chi connectivity index (χ4v) is 2.57. The lowest BCUT2D eigenvalue weighted by Gasteiger charge is -2.25. The summed E-state index contributed by atoms with van der Waals surface area (Å²) in [6.07, 6.45) is 0.720. The number of hydrogen-bond acceptors (Lipinski definition) is 3. The second-order valence-corrected chi connectivity index (χ2v) is 5.29. The van der Waals surface area contributed by atoms with Crippen molar-refractivity contribution in [3.05, 3.63) is 65.2 Å². The zero-order chi connectivity index (χ0) is 14.7. The molecule has 108 valence electrons. The highest BCUT2D eigenvalue weighted by atomic mass is 16.3. The van der Waals surface area contributed by atoms with Crippen molar-refractivity contribution in [1.82, 2.24) is 10.6 Å². The molecule has 3 rings (SSSR count). The molecule has 0 saturated carbocycles. The van der Waals surface area contributed by atoms with Gasteiger partial charge in [-0.25, -0.2) is 0 Å². The summed E-state index contributed by atoms with van der Waals surface area (Å²) in [7, 11) is 0. The van der Waals surface area contributed by atoms with Gasteiger partial charge in [-0.1, -0.05) is 36.4 Å². The molecule has 21 heavy (non-hydrogen) atoms. The lowest BCUT2D eigenvalue weighted by atomic mass is 9.95. The zero-order valence-corrected chi connectivity index (χ0v) is 11.7. The van der Waals surface area contributed by atoms with Crippen molar-refractivity contribution in [3.63, 3.8) is 0 Å². The molecule has 1 amide bonds. The molecule has 0 saturated heterocycles. The molecule has 2 aromatic carbocycles. The summed E-state index contributed by atoms with van der Waals surface area (Å²) in [5, 5.41) is 15.4. The van der Waals surface area contributed by atoms with Gasteiger partial charge in [0.2, 0.25) is 5.91 Å². The first kappa shape index (κ1) is 13.6. The lowest BCUT2D eigenvalue weighted by molar-refractivity contribution is -0.123. The minimum Gasteiger partial charge on any atom is -0.508 e. The molecule has 0 aliphatic carbocycles.